The number of benzene rings is 1. The van der Waals surface area contributed by atoms with Gasteiger partial charge >= 0.3 is 0 Å². The largest absolute Gasteiger partial charge is 0.471 e. The maximum atomic E-state index is 8.95. The van der Waals surface area contributed by atoms with Crippen molar-refractivity contribution in [2.24, 2.45) is 0 Å². The van der Waals surface area contributed by atoms with E-state index in [2.05, 4.69) is 27.1 Å². The number of nitrogens with one attached hydrogen (secondary N) is 1. The van der Waals surface area contributed by atoms with Crippen LogP contribution >= 0.6 is 0 Å². The van der Waals surface area contributed by atoms with E-state index in [1.165, 1.54) is 12.8 Å². The molecule has 2 rings (SSSR count). The number of nitrogens with two attached hydrogens (primary N) is 1. The van der Waals surface area contributed by atoms with Gasteiger partial charge in [-0.3, -0.25) is 4.79 Å². The van der Waals surface area contributed by atoms with Crippen LogP contribution in [0.4, 0.5) is 11.4 Å². The zero-order valence-corrected chi connectivity index (χ0v) is 10.1. The summed E-state index contributed by atoms with van der Waals surface area (Å²) in [6.45, 7) is 4.70. The molecule has 3 N–H and O–H groups in total. The van der Waals surface area contributed by atoms with E-state index < -0.39 is 0 Å². The lowest BCUT2D eigenvalue weighted by Gasteiger charge is -2.29. The Balaban J connectivity index is 0.000000317. The van der Waals surface area contributed by atoms with E-state index >= 15 is 0 Å². The van der Waals surface area contributed by atoms with Crippen LogP contribution in [0, 0.1) is 0 Å². The number of nitrogens with zero attached hydrogens (tertiary/aromatic N) is 1. The molecule has 94 valence electrons. The van der Waals surface area contributed by atoms with Crippen LogP contribution < -0.4 is 16.0 Å². The van der Waals surface area contributed by atoms with Gasteiger partial charge in [-0.15, -0.1) is 0 Å². The fourth-order valence-electron chi connectivity index (χ4n) is 1.61. The van der Waals surface area contributed by atoms with Crippen molar-refractivity contribution >= 4 is 17.8 Å². The smallest absolute Gasteiger partial charge is 0.292 e. The molecule has 1 fully saturated rings. The minimum atomic E-state index is 0.375. The number of carbonyl (C=O) groups excluding carboxylic acids is 1. The molecule has 0 amide bonds. The van der Waals surface area contributed by atoms with E-state index in [4.69, 9.17) is 10.5 Å². The van der Waals surface area contributed by atoms with E-state index in [1.54, 1.807) is 0 Å². The quantitative estimate of drug-likeness (QED) is 0.578. The Bertz CT molecular complexity index is 321. The highest BCUT2D eigenvalue weighted by atomic mass is 16.5. The summed E-state index contributed by atoms with van der Waals surface area (Å²) >= 11 is 0. The molecule has 0 bridgehead atoms. The predicted octanol–water partition coefficient (Wildman–Crippen LogP) is 0.468. The van der Waals surface area contributed by atoms with Gasteiger partial charge in [-0.25, -0.2) is 0 Å². The SMILES string of the molecule is COC=O.Nc1ccc(N2CCNCC2)cc1. The second kappa shape index (κ2) is 7.51. The highest BCUT2D eigenvalue weighted by Gasteiger charge is 2.09. The van der Waals surface area contributed by atoms with Crippen molar-refractivity contribution in [2.45, 2.75) is 0 Å². The number of piperazine rings is 1. The summed E-state index contributed by atoms with van der Waals surface area (Å²) in [4.78, 5) is 11.3. The van der Waals surface area contributed by atoms with Crippen molar-refractivity contribution in [3.05, 3.63) is 24.3 Å². The first-order valence-electron chi connectivity index (χ1n) is 5.55. The lowest BCUT2D eigenvalue weighted by atomic mass is 10.2. The Morgan fingerprint density at radius 1 is 1.29 bits per heavy atom. The van der Waals surface area contributed by atoms with E-state index in [0.717, 1.165) is 31.9 Å². The van der Waals surface area contributed by atoms with Gasteiger partial charge in [0.15, 0.2) is 0 Å². The molecule has 1 saturated heterocycles. The van der Waals surface area contributed by atoms with E-state index in [1.807, 2.05) is 12.1 Å². The molecule has 5 nitrogen and oxygen atoms in total. The maximum Gasteiger partial charge on any atom is 0.292 e. The third kappa shape index (κ3) is 4.74. The molecule has 0 saturated carbocycles. The Kier molecular flexibility index (Phi) is 5.88. The van der Waals surface area contributed by atoms with E-state index in [0.29, 0.717) is 6.47 Å². The Morgan fingerprint density at radius 3 is 2.29 bits per heavy atom. The number of methoxy groups -OCH3 is 1. The molecular weight excluding hydrogens is 218 g/mol. The zero-order chi connectivity index (χ0) is 12.5. The summed E-state index contributed by atoms with van der Waals surface area (Å²) in [7, 11) is 1.31. The number of hydrogen-bond acceptors (Lipinski definition) is 5. The third-order valence-corrected chi connectivity index (χ3v) is 2.47. The van der Waals surface area contributed by atoms with Crippen LogP contribution in [0.25, 0.3) is 0 Å². The number of anilines is 2. The minimum absolute atomic E-state index is 0.375. The maximum absolute atomic E-state index is 8.95. The van der Waals surface area contributed by atoms with Crippen LogP contribution in [0.1, 0.15) is 0 Å². The number of ether oxygens (including phenoxy) is 1. The summed E-state index contributed by atoms with van der Waals surface area (Å²) in [5.74, 6) is 0. The van der Waals surface area contributed by atoms with Gasteiger partial charge in [0, 0.05) is 37.6 Å². The molecule has 1 aliphatic heterocycles. The van der Waals surface area contributed by atoms with Gasteiger partial charge in [0.05, 0.1) is 7.11 Å². The van der Waals surface area contributed by atoms with Gasteiger partial charge in [0.1, 0.15) is 0 Å². The topological polar surface area (TPSA) is 67.6 Å². The van der Waals surface area contributed by atoms with Crippen LogP contribution in [0.5, 0.6) is 0 Å². The number of carbonyl (C=O) groups is 1. The lowest BCUT2D eigenvalue weighted by molar-refractivity contribution is -0.126. The van der Waals surface area contributed by atoms with Crippen molar-refractivity contribution < 1.29 is 9.53 Å². The molecule has 0 unspecified atom stereocenters. The van der Waals surface area contributed by atoms with Gasteiger partial charge in [-0.1, -0.05) is 0 Å². The van der Waals surface area contributed by atoms with Crippen molar-refractivity contribution in [3.63, 3.8) is 0 Å². The lowest BCUT2D eigenvalue weighted by Crippen LogP contribution is -2.43. The molecule has 0 aliphatic carbocycles. The van der Waals surface area contributed by atoms with Gasteiger partial charge in [-0.05, 0) is 24.3 Å². The van der Waals surface area contributed by atoms with Crippen LogP contribution in [-0.2, 0) is 9.53 Å². The van der Waals surface area contributed by atoms with Gasteiger partial charge in [0.2, 0.25) is 0 Å². The molecule has 1 aliphatic rings. The number of hydrogen-bond donors (Lipinski definition) is 2. The monoisotopic (exact) mass is 237 g/mol. The standard InChI is InChI=1S/C10H15N3.C2H4O2/c11-9-1-3-10(4-2-9)13-7-5-12-6-8-13;1-4-2-3/h1-4,12H,5-8,11H2;2H,1H3. The van der Waals surface area contributed by atoms with Crippen LogP contribution in [0.15, 0.2) is 24.3 Å². The highest BCUT2D eigenvalue weighted by molar-refractivity contribution is 5.53. The molecule has 1 heterocycles. The van der Waals surface area contributed by atoms with Crippen LogP contribution in [0.3, 0.4) is 0 Å². The summed E-state index contributed by atoms with van der Waals surface area (Å²) in [6.07, 6.45) is 0. The molecule has 0 atom stereocenters. The van der Waals surface area contributed by atoms with Crippen molar-refractivity contribution in [2.75, 3.05) is 43.9 Å². The first-order chi connectivity index (χ1) is 8.27. The first-order valence-corrected chi connectivity index (χ1v) is 5.55. The van der Waals surface area contributed by atoms with Gasteiger partial charge in [-0.2, -0.15) is 0 Å². The molecule has 17 heavy (non-hydrogen) atoms. The Morgan fingerprint density at radius 2 is 1.82 bits per heavy atom. The van der Waals surface area contributed by atoms with Crippen molar-refractivity contribution in [3.8, 4) is 0 Å². The normalized spacial score (nSPS) is 14.5. The summed E-state index contributed by atoms with van der Waals surface area (Å²) < 4.78 is 3.86. The van der Waals surface area contributed by atoms with Gasteiger partial charge in [0.25, 0.3) is 6.47 Å². The van der Waals surface area contributed by atoms with E-state index in [9.17, 15) is 0 Å². The molecule has 0 spiro atoms. The molecule has 1 aromatic rings. The number of rotatable bonds is 2. The second-order valence-corrected chi connectivity index (χ2v) is 3.66. The average Bonchev–Trinajstić information content (AvgIpc) is 2.41. The fourth-order valence-corrected chi connectivity index (χ4v) is 1.61. The van der Waals surface area contributed by atoms with E-state index in [-0.39, 0.29) is 0 Å². The molecule has 1 aromatic carbocycles. The molecule has 0 radical (unpaired) electrons. The zero-order valence-electron chi connectivity index (χ0n) is 10.1. The molecule has 5 heteroatoms. The summed E-state index contributed by atoms with van der Waals surface area (Å²) in [5, 5.41) is 3.33. The Hall–Kier alpha value is -1.75. The summed E-state index contributed by atoms with van der Waals surface area (Å²) in [5.41, 5.74) is 7.73. The highest BCUT2D eigenvalue weighted by Crippen LogP contribution is 2.16. The van der Waals surface area contributed by atoms with Crippen LogP contribution in [0.2, 0.25) is 0 Å². The minimum Gasteiger partial charge on any atom is -0.471 e. The van der Waals surface area contributed by atoms with Crippen LogP contribution in [-0.4, -0.2) is 39.8 Å². The first kappa shape index (κ1) is 13.3. The van der Waals surface area contributed by atoms with Gasteiger partial charge < -0.3 is 20.7 Å². The number of nitrogen functional groups attached to an aromatic ring is 1. The summed E-state index contributed by atoms with van der Waals surface area (Å²) in [6, 6.07) is 8.08. The second-order valence-electron chi connectivity index (χ2n) is 3.66. The van der Waals surface area contributed by atoms with Crippen molar-refractivity contribution in [1.82, 2.24) is 5.32 Å². The molecule has 0 aromatic heterocycles. The predicted molar refractivity (Wildman–Crippen MR) is 69.0 cm³/mol. The Labute approximate surface area is 102 Å². The molecular formula is C12H19N3O2. The van der Waals surface area contributed by atoms with Crippen molar-refractivity contribution in [1.29, 1.82) is 0 Å². The third-order valence-electron chi connectivity index (χ3n) is 2.47. The fraction of sp³-hybridized carbons (Fsp3) is 0.417. The average molecular weight is 237 g/mol.